The predicted molar refractivity (Wildman–Crippen MR) is 130 cm³/mol. The molecule has 1 amide bonds. The Kier molecular flexibility index (Phi) is 9.81. The molecule has 7 heteroatoms. The number of likely N-dealkylation sites (tertiary alicyclic amines) is 2. The Bertz CT molecular complexity index is 724. The molecule has 2 heterocycles. The third-order valence-electron chi connectivity index (χ3n) is 6.34. The van der Waals surface area contributed by atoms with Gasteiger partial charge in [-0.25, -0.2) is 0 Å². The third kappa shape index (κ3) is 7.20. The quantitative estimate of drug-likeness (QED) is 0.342. The average molecular weight is 444 g/mol. The summed E-state index contributed by atoms with van der Waals surface area (Å²) >= 11 is 0. The molecule has 3 rings (SSSR count). The Morgan fingerprint density at radius 1 is 1.22 bits per heavy atom. The van der Waals surface area contributed by atoms with Crippen molar-refractivity contribution >= 4 is 11.9 Å². The van der Waals surface area contributed by atoms with Crippen LogP contribution in [0.25, 0.3) is 0 Å². The first-order chi connectivity index (χ1) is 15.6. The van der Waals surface area contributed by atoms with Crippen molar-refractivity contribution in [2.75, 3.05) is 60.0 Å². The van der Waals surface area contributed by atoms with Gasteiger partial charge in [-0.15, -0.1) is 0 Å². The summed E-state index contributed by atoms with van der Waals surface area (Å²) in [6.07, 6.45) is 4.20. The number of rotatable bonds is 10. The van der Waals surface area contributed by atoms with Gasteiger partial charge in [0, 0.05) is 52.7 Å². The number of carbonyl (C=O) groups excluding carboxylic acids is 1. The van der Waals surface area contributed by atoms with Gasteiger partial charge in [0.15, 0.2) is 5.96 Å². The third-order valence-corrected chi connectivity index (χ3v) is 6.34. The fourth-order valence-electron chi connectivity index (χ4n) is 4.63. The van der Waals surface area contributed by atoms with Crippen molar-refractivity contribution in [1.29, 1.82) is 0 Å². The minimum absolute atomic E-state index is 0.0532. The largest absolute Gasteiger partial charge is 0.376 e. The van der Waals surface area contributed by atoms with E-state index in [1.807, 2.05) is 20.2 Å². The Morgan fingerprint density at radius 3 is 2.78 bits per heavy atom. The molecule has 0 bridgehead atoms. The molecule has 0 spiro atoms. The first-order valence-electron chi connectivity index (χ1n) is 12.2. The zero-order chi connectivity index (χ0) is 22.8. The van der Waals surface area contributed by atoms with Gasteiger partial charge in [-0.3, -0.25) is 14.7 Å². The van der Waals surface area contributed by atoms with Gasteiger partial charge >= 0.3 is 0 Å². The lowest BCUT2D eigenvalue weighted by atomic mass is 10.1. The van der Waals surface area contributed by atoms with Crippen LogP contribution in [0.5, 0.6) is 0 Å². The lowest BCUT2D eigenvalue weighted by Gasteiger charge is -2.26. The molecule has 2 fully saturated rings. The minimum atomic E-state index is 0.0532. The number of guanidine groups is 1. The van der Waals surface area contributed by atoms with Crippen molar-refractivity contribution in [1.82, 2.24) is 20.0 Å². The molecular formula is C25H41N5O2. The van der Waals surface area contributed by atoms with E-state index in [1.54, 1.807) is 4.90 Å². The van der Waals surface area contributed by atoms with Crippen LogP contribution >= 0.6 is 0 Å². The smallest absolute Gasteiger partial charge is 0.239 e. The fourth-order valence-corrected chi connectivity index (χ4v) is 4.63. The molecule has 1 aromatic rings. The molecule has 1 aromatic carbocycles. The number of ether oxygens (including phenoxy) is 1. The number of hydrogen-bond acceptors (Lipinski definition) is 4. The van der Waals surface area contributed by atoms with Gasteiger partial charge in [0.2, 0.25) is 5.91 Å². The predicted octanol–water partition coefficient (Wildman–Crippen LogP) is 2.43. The highest BCUT2D eigenvalue weighted by atomic mass is 16.5. The number of likely N-dealkylation sites (N-methyl/N-ethyl adjacent to an activating group) is 1. The van der Waals surface area contributed by atoms with E-state index in [2.05, 4.69) is 46.3 Å². The number of hydrogen-bond donors (Lipinski definition) is 1. The van der Waals surface area contributed by atoms with Crippen LogP contribution in [0.1, 0.15) is 38.2 Å². The van der Waals surface area contributed by atoms with E-state index < -0.39 is 0 Å². The molecule has 7 nitrogen and oxygen atoms in total. The molecule has 0 aliphatic carbocycles. The summed E-state index contributed by atoms with van der Waals surface area (Å²) < 4.78 is 5.97. The Labute approximate surface area is 193 Å². The highest BCUT2D eigenvalue weighted by Gasteiger charge is 2.31. The van der Waals surface area contributed by atoms with E-state index in [4.69, 9.17) is 9.73 Å². The van der Waals surface area contributed by atoms with Gasteiger partial charge in [0.1, 0.15) is 0 Å². The summed E-state index contributed by atoms with van der Waals surface area (Å²) in [5.74, 6) is 1.79. The Hall–Kier alpha value is -2.12. The second-order valence-electron chi connectivity index (χ2n) is 9.12. The standard InChI is InChI=1S/C25H41N5O2/c1-4-26-25(27-14-9-16-29-15-8-12-23(29)24(31)28(2)3)30-17-13-22(18-30)20-32-19-21-10-6-5-7-11-21/h5-7,10-11,22-23H,4,8-9,12-20H2,1-3H3,(H,26,27). The molecule has 2 aliphatic heterocycles. The SMILES string of the molecule is CCNC(=NCCCN1CCCC1C(=O)N(C)C)N1CCC(COCc2ccccc2)C1. The maximum atomic E-state index is 12.4. The maximum Gasteiger partial charge on any atom is 0.239 e. The normalized spacial score (nSPS) is 21.8. The van der Waals surface area contributed by atoms with E-state index in [-0.39, 0.29) is 11.9 Å². The van der Waals surface area contributed by atoms with Crippen molar-refractivity contribution in [3.63, 3.8) is 0 Å². The number of nitrogens with zero attached hydrogens (tertiary/aromatic N) is 4. The molecule has 178 valence electrons. The van der Waals surface area contributed by atoms with Crippen LogP contribution in [0.15, 0.2) is 35.3 Å². The second-order valence-corrected chi connectivity index (χ2v) is 9.12. The second kappa shape index (κ2) is 12.8. The van der Waals surface area contributed by atoms with E-state index in [0.29, 0.717) is 12.5 Å². The van der Waals surface area contributed by atoms with Crippen LogP contribution in [-0.2, 0) is 16.1 Å². The van der Waals surface area contributed by atoms with Gasteiger partial charge in [-0.2, -0.15) is 0 Å². The van der Waals surface area contributed by atoms with Crippen LogP contribution in [0.3, 0.4) is 0 Å². The molecule has 2 aliphatic rings. The Morgan fingerprint density at radius 2 is 2.03 bits per heavy atom. The first kappa shape index (κ1) is 24.5. The fraction of sp³-hybridized carbons (Fsp3) is 0.680. The number of amides is 1. The molecule has 2 atom stereocenters. The summed E-state index contributed by atoms with van der Waals surface area (Å²) in [5.41, 5.74) is 1.23. The zero-order valence-corrected chi connectivity index (χ0v) is 20.1. The van der Waals surface area contributed by atoms with Crippen molar-refractivity contribution in [3.8, 4) is 0 Å². The summed E-state index contributed by atoms with van der Waals surface area (Å²) in [7, 11) is 3.70. The van der Waals surface area contributed by atoms with E-state index in [9.17, 15) is 4.79 Å². The summed E-state index contributed by atoms with van der Waals surface area (Å²) in [4.78, 5) is 23.7. The molecular weight excluding hydrogens is 402 g/mol. The van der Waals surface area contributed by atoms with Gasteiger partial charge in [-0.05, 0) is 44.7 Å². The zero-order valence-electron chi connectivity index (χ0n) is 20.1. The highest BCUT2D eigenvalue weighted by Crippen LogP contribution is 2.19. The molecule has 0 saturated carbocycles. The monoisotopic (exact) mass is 443 g/mol. The van der Waals surface area contributed by atoms with Gasteiger partial charge in [-0.1, -0.05) is 30.3 Å². The first-order valence-corrected chi connectivity index (χ1v) is 12.2. The minimum Gasteiger partial charge on any atom is -0.376 e. The van der Waals surface area contributed by atoms with Crippen LogP contribution in [0, 0.1) is 5.92 Å². The number of carbonyl (C=O) groups is 1. The van der Waals surface area contributed by atoms with Gasteiger partial charge in [0.25, 0.3) is 0 Å². The molecule has 0 aromatic heterocycles. The average Bonchev–Trinajstić information content (AvgIpc) is 3.46. The Balaban J connectivity index is 1.41. The number of benzene rings is 1. The highest BCUT2D eigenvalue weighted by molar-refractivity contribution is 5.81. The molecule has 2 unspecified atom stereocenters. The van der Waals surface area contributed by atoms with E-state index in [0.717, 1.165) is 77.5 Å². The van der Waals surface area contributed by atoms with Crippen molar-refractivity contribution in [2.45, 2.75) is 45.3 Å². The van der Waals surface area contributed by atoms with Crippen molar-refractivity contribution in [2.24, 2.45) is 10.9 Å². The summed E-state index contributed by atoms with van der Waals surface area (Å²) in [5, 5.41) is 3.46. The van der Waals surface area contributed by atoms with Crippen LogP contribution in [0.2, 0.25) is 0 Å². The summed E-state index contributed by atoms with van der Waals surface area (Å²) in [6.45, 7) is 9.22. The van der Waals surface area contributed by atoms with Crippen LogP contribution in [0.4, 0.5) is 0 Å². The lowest BCUT2D eigenvalue weighted by Crippen LogP contribution is -2.43. The van der Waals surface area contributed by atoms with Crippen LogP contribution in [-0.4, -0.2) is 92.6 Å². The van der Waals surface area contributed by atoms with E-state index >= 15 is 0 Å². The van der Waals surface area contributed by atoms with Crippen LogP contribution < -0.4 is 5.32 Å². The maximum absolute atomic E-state index is 12.4. The van der Waals surface area contributed by atoms with Gasteiger partial charge in [0.05, 0.1) is 19.3 Å². The van der Waals surface area contributed by atoms with Gasteiger partial charge < -0.3 is 19.9 Å². The molecule has 32 heavy (non-hydrogen) atoms. The topological polar surface area (TPSA) is 60.4 Å². The molecule has 2 saturated heterocycles. The van der Waals surface area contributed by atoms with E-state index in [1.165, 1.54) is 5.56 Å². The lowest BCUT2D eigenvalue weighted by molar-refractivity contribution is -0.133. The summed E-state index contributed by atoms with van der Waals surface area (Å²) in [6, 6.07) is 10.4. The molecule has 0 radical (unpaired) electrons. The molecule has 1 N–H and O–H groups in total. The number of nitrogens with one attached hydrogen (secondary N) is 1. The number of aliphatic imine (C=N–C) groups is 1. The van der Waals surface area contributed by atoms with Crippen molar-refractivity contribution < 1.29 is 9.53 Å². The van der Waals surface area contributed by atoms with Crippen molar-refractivity contribution in [3.05, 3.63) is 35.9 Å².